The number of furan rings is 1. The van der Waals surface area contributed by atoms with Crippen molar-refractivity contribution >= 4 is 11.6 Å². The highest BCUT2D eigenvalue weighted by Crippen LogP contribution is 2.16. The van der Waals surface area contributed by atoms with Gasteiger partial charge in [-0.15, -0.1) is 0 Å². The molecule has 0 radical (unpaired) electrons. The molecule has 1 aliphatic rings. The van der Waals surface area contributed by atoms with Crippen LogP contribution in [0, 0.1) is 6.92 Å². The first-order chi connectivity index (χ1) is 11.1. The first-order valence-corrected chi connectivity index (χ1v) is 8.03. The minimum Gasteiger partial charge on any atom is -0.469 e. The Balaban J connectivity index is 1.49. The number of carbonyl (C=O) groups excluding carboxylic acids is 1. The van der Waals surface area contributed by atoms with Crippen LogP contribution in [0.5, 0.6) is 0 Å². The molecule has 1 amide bonds. The van der Waals surface area contributed by atoms with Crippen molar-refractivity contribution in [2.75, 3.05) is 18.8 Å². The molecule has 2 aromatic rings. The van der Waals surface area contributed by atoms with E-state index in [1.165, 1.54) is 5.56 Å². The summed E-state index contributed by atoms with van der Waals surface area (Å²) in [4.78, 5) is 14.6. The van der Waals surface area contributed by atoms with E-state index in [2.05, 4.69) is 16.3 Å². The summed E-state index contributed by atoms with van der Waals surface area (Å²) >= 11 is 0. The van der Waals surface area contributed by atoms with Crippen LogP contribution in [0.4, 0.5) is 5.69 Å². The molecule has 1 aromatic carbocycles. The van der Waals surface area contributed by atoms with Crippen LogP contribution in [-0.2, 0) is 6.54 Å². The Bertz CT molecular complexity index is 672. The van der Waals surface area contributed by atoms with Gasteiger partial charge in [0.05, 0.1) is 11.8 Å². The van der Waals surface area contributed by atoms with E-state index in [-0.39, 0.29) is 11.9 Å². The van der Waals surface area contributed by atoms with Gasteiger partial charge in [-0.25, -0.2) is 0 Å². The predicted octanol–water partition coefficient (Wildman–Crippen LogP) is 2.56. The highest BCUT2D eigenvalue weighted by atomic mass is 16.3. The molecule has 0 atom stereocenters. The molecule has 23 heavy (non-hydrogen) atoms. The number of anilines is 1. The number of rotatable bonds is 4. The van der Waals surface area contributed by atoms with Crippen molar-refractivity contribution in [1.82, 2.24) is 10.2 Å². The first-order valence-electron chi connectivity index (χ1n) is 8.03. The summed E-state index contributed by atoms with van der Waals surface area (Å²) in [6.07, 6.45) is 3.48. The number of amides is 1. The minimum atomic E-state index is -0.0365. The van der Waals surface area contributed by atoms with Crippen molar-refractivity contribution in [3.63, 3.8) is 0 Å². The van der Waals surface area contributed by atoms with Crippen molar-refractivity contribution in [2.45, 2.75) is 32.4 Å². The zero-order valence-corrected chi connectivity index (χ0v) is 13.4. The number of hydrogen-bond acceptors (Lipinski definition) is 4. The van der Waals surface area contributed by atoms with Crippen LogP contribution in [0.2, 0.25) is 0 Å². The minimum absolute atomic E-state index is 0.0365. The van der Waals surface area contributed by atoms with E-state index in [9.17, 15) is 4.79 Å². The lowest BCUT2D eigenvalue weighted by Gasteiger charge is -2.32. The maximum absolute atomic E-state index is 12.2. The Morgan fingerprint density at radius 2 is 2.13 bits per heavy atom. The number of hydrogen-bond donors (Lipinski definition) is 2. The molecule has 0 spiro atoms. The number of nitrogen functional groups attached to an aromatic ring is 1. The highest BCUT2D eigenvalue weighted by molar-refractivity contribution is 5.95. The van der Waals surface area contributed by atoms with Gasteiger partial charge in [0.2, 0.25) is 0 Å². The van der Waals surface area contributed by atoms with Gasteiger partial charge in [-0.2, -0.15) is 0 Å². The Kier molecular flexibility index (Phi) is 4.67. The lowest BCUT2D eigenvalue weighted by atomic mass is 10.0. The number of nitrogens with zero attached hydrogens (tertiary/aromatic N) is 1. The van der Waals surface area contributed by atoms with Crippen LogP contribution in [0.25, 0.3) is 0 Å². The Labute approximate surface area is 136 Å². The van der Waals surface area contributed by atoms with Gasteiger partial charge >= 0.3 is 0 Å². The normalized spacial score (nSPS) is 16.4. The first kappa shape index (κ1) is 15.6. The number of nitrogens with two attached hydrogens (primary N) is 1. The predicted molar refractivity (Wildman–Crippen MR) is 90.1 cm³/mol. The molecule has 3 rings (SSSR count). The molecule has 5 nitrogen and oxygen atoms in total. The van der Waals surface area contributed by atoms with Gasteiger partial charge in [0, 0.05) is 31.4 Å². The quantitative estimate of drug-likeness (QED) is 0.851. The third-order valence-electron chi connectivity index (χ3n) is 4.38. The van der Waals surface area contributed by atoms with Crippen LogP contribution >= 0.6 is 0 Å². The van der Waals surface area contributed by atoms with Crippen LogP contribution < -0.4 is 11.1 Å². The smallest absolute Gasteiger partial charge is 0.255 e. The second-order valence-corrected chi connectivity index (χ2v) is 6.16. The molecule has 5 heteroatoms. The van der Waals surface area contributed by atoms with Crippen molar-refractivity contribution < 1.29 is 9.21 Å². The van der Waals surface area contributed by atoms with Crippen molar-refractivity contribution in [2.24, 2.45) is 0 Å². The second-order valence-electron chi connectivity index (χ2n) is 6.16. The number of aryl methyl sites for hydroxylation is 1. The van der Waals surface area contributed by atoms with Gasteiger partial charge in [-0.3, -0.25) is 9.69 Å². The third kappa shape index (κ3) is 3.93. The summed E-state index contributed by atoms with van der Waals surface area (Å²) in [5.41, 5.74) is 8.50. The average molecular weight is 313 g/mol. The number of piperidine rings is 1. The van der Waals surface area contributed by atoms with E-state index in [4.69, 9.17) is 10.2 Å². The van der Waals surface area contributed by atoms with Crippen molar-refractivity contribution in [3.8, 4) is 0 Å². The van der Waals surface area contributed by atoms with Crippen LogP contribution in [0.3, 0.4) is 0 Å². The summed E-state index contributed by atoms with van der Waals surface area (Å²) in [6.45, 7) is 4.67. The SMILES string of the molecule is Cc1occc1C(=O)NC1CCN(Cc2cccc(N)c2)CC1. The van der Waals surface area contributed by atoms with E-state index in [1.54, 1.807) is 12.3 Å². The van der Waals surface area contributed by atoms with Gasteiger partial charge < -0.3 is 15.5 Å². The van der Waals surface area contributed by atoms with Gasteiger partial charge in [-0.1, -0.05) is 12.1 Å². The summed E-state index contributed by atoms with van der Waals surface area (Å²) in [7, 11) is 0. The average Bonchev–Trinajstić information content (AvgIpc) is 2.95. The third-order valence-corrected chi connectivity index (χ3v) is 4.38. The summed E-state index contributed by atoms with van der Waals surface area (Å²) in [5, 5.41) is 3.11. The monoisotopic (exact) mass is 313 g/mol. The lowest BCUT2D eigenvalue weighted by molar-refractivity contribution is 0.0907. The van der Waals surface area contributed by atoms with Gasteiger partial charge in [0.25, 0.3) is 5.91 Å². The molecule has 1 saturated heterocycles. The summed E-state index contributed by atoms with van der Waals surface area (Å²) < 4.78 is 5.19. The van der Waals surface area contributed by atoms with E-state index >= 15 is 0 Å². The lowest BCUT2D eigenvalue weighted by Crippen LogP contribution is -2.44. The molecule has 0 unspecified atom stereocenters. The number of benzene rings is 1. The van der Waals surface area contributed by atoms with Crippen LogP contribution in [-0.4, -0.2) is 29.9 Å². The molecule has 1 fully saturated rings. The van der Waals surface area contributed by atoms with E-state index < -0.39 is 0 Å². The Hall–Kier alpha value is -2.27. The topological polar surface area (TPSA) is 71.5 Å². The molecule has 0 aliphatic carbocycles. The van der Waals surface area contributed by atoms with E-state index in [0.717, 1.165) is 38.2 Å². The Morgan fingerprint density at radius 3 is 2.78 bits per heavy atom. The largest absolute Gasteiger partial charge is 0.469 e. The molecule has 0 bridgehead atoms. The molecule has 1 aliphatic heterocycles. The fraction of sp³-hybridized carbons (Fsp3) is 0.389. The second kappa shape index (κ2) is 6.87. The molecule has 1 aromatic heterocycles. The van der Waals surface area contributed by atoms with Crippen LogP contribution in [0.15, 0.2) is 41.0 Å². The van der Waals surface area contributed by atoms with Gasteiger partial charge in [-0.05, 0) is 43.5 Å². The van der Waals surface area contributed by atoms with E-state index in [0.29, 0.717) is 11.3 Å². The maximum Gasteiger partial charge on any atom is 0.255 e. The zero-order valence-electron chi connectivity index (χ0n) is 13.4. The van der Waals surface area contributed by atoms with Crippen molar-refractivity contribution in [3.05, 3.63) is 53.5 Å². The maximum atomic E-state index is 12.2. The molecule has 3 N–H and O–H groups in total. The summed E-state index contributed by atoms with van der Waals surface area (Å²) in [6, 6.07) is 9.98. The number of nitrogens with one attached hydrogen (secondary N) is 1. The van der Waals surface area contributed by atoms with Gasteiger partial charge in [0.15, 0.2) is 0 Å². The summed E-state index contributed by atoms with van der Waals surface area (Å²) in [5.74, 6) is 0.632. The number of carbonyl (C=O) groups is 1. The Morgan fingerprint density at radius 1 is 1.35 bits per heavy atom. The fourth-order valence-corrected chi connectivity index (χ4v) is 3.07. The van der Waals surface area contributed by atoms with Gasteiger partial charge in [0.1, 0.15) is 5.76 Å². The number of likely N-dealkylation sites (tertiary alicyclic amines) is 1. The molecule has 2 heterocycles. The molecular weight excluding hydrogens is 290 g/mol. The highest BCUT2D eigenvalue weighted by Gasteiger charge is 2.22. The fourth-order valence-electron chi connectivity index (χ4n) is 3.07. The van der Waals surface area contributed by atoms with E-state index in [1.807, 2.05) is 25.1 Å². The standard InChI is InChI=1S/C18H23N3O2/c1-13-17(7-10-23-13)18(22)20-16-5-8-21(9-6-16)12-14-3-2-4-15(19)11-14/h2-4,7,10-11,16H,5-6,8-9,12,19H2,1H3,(H,20,22). The zero-order chi connectivity index (χ0) is 16.2. The molecule has 122 valence electrons. The molecular formula is C18H23N3O2. The van der Waals surface area contributed by atoms with Crippen LogP contribution in [0.1, 0.15) is 34.5 Å². The molecule has 0 saturated carbocycles. The van der Waals surface area contributed by atoms with Crippen molar-refractivity contribution in [1.29, 1.82) is 0 Å².